The first kappa shape index (κ1) is 60.0. The smallest absolute Gasteiger partial charge is 0.472 e. The number of aliphatic carboxylic acids is 1. The van der Waals surface area contributed by atoms with E-state index in [1.54, 1.807) is 0 Å². The van der Waals surface area contributed by atoms with E-state index in [1.807, 2.05) is 0 Å². The third-order valence-corrected chi connectivity index (χ3v) is 12.1. The van der Waals surface area contributed by atoms with Crippen LogP contribution in [0, 0.1) is 0 Å². The van der Waals surface area contributed by atoms with E-state index in [-0.39, 0.29) is 19.4 Å². The Morgan fingerprint density at radius 2 is 0.823 bits per heavy atom. The summed E-state index contributed by atoms with van der Waals surface area (Å²) >= 11 is 0. The van der Waals surface area contributed by atoms with Crippen LogP contribution in [-0.2, 0) is 37.5 Å². The molecule has 12 heteroatoms. The Morgan fingerprint density at radius 3 is 1.23 bits per heavy atom. The van der Waals surface area contributed by atoms with Crippen molar-refractivity contribution in [3.8, 4) is 0 Å². The Labute approximate surface area is 379 Å². The molecule has 0 radical (unpaired) electrons. The fourth-order valence-corrected chi connectivity index (χ4v) is 7.96. The van der Waals surface area contributed by atoms with Gasteiger partial charge < -0.3 is 25.2 Å². The van der Waals surface area contributed by atoms with Crippen molar-refractivity contribution in [1.82, 2.24) is 0 Å². The zero-order chi connectivity index (χ0) is 45.6. The summed E-state index contributed by atoms with van der Waals surface area (Å²) in [6, 6.07) is -1.53. The van der Waals surface area contributed by atoms with Crippen LogP contribution in [0.15, 0.2) is 24.3 Å². The number of ether oxygens (including phenoxy) is 2. The molecule has 11 nitrogen and oxygen atoms in total. The van der Waals surface area contributed by atoms with Crippen LogP contribution in [0.5, 0.6) is 0 Å². The van der Waals surface area contributed by atoms with E-state index in [0.29, 0.717) is 19.3 Å². The van der Waals surface area contributed by atoms with Gasteiger partial charge in [0.25, 0.3) is 0 Å². The van der Waals surface area contributed by atoms with Crippen LogP contribution < -0.4 is 5.73 Å². The number of esters is 2. The summed E-state index contributed by atoms with van der Waals surface area (Å²) < 4.78 is 32.8. The summed E-state index contributed by atoms with van der Waals surface area (Å²) in [5, 5.41) is 8.91. The second-order valence-electron chi connectivity index (χ2n) is 17.3. The molecule has 0 aromatic carbocycles. The molecule has 0 saturated carbocycles. The summed E-state index contributed by atoms with van der Waals surface area (Å²) in [6.07, 6.45) is 49.7. The van der Waals surface area contributed by atoms with Crippen molar-refractivity contribution in [3.05, 3.63) is 24.3 Å². The molecule has 3 atom stereocenters. The normalized spacial score (nSPS) is 13.7. The fraction of sp³-hybridized carbons (Fsp3) is 0.860. The van der Waals surface area contributed by atoms with Crippen LogP contribution in [-0.4, -0.2) is 59.9 Å². The Balaban J connectivity index is 4.25. The van der Waals surface area contributed by atoms with E-state index in [9.17, 15) is 23.8 Å². The maximum atomic E-state index is 12.7. The number of nitrogens with two attached hydrogens (primary N) is 1. The molecular formula is C50H94NO10P. The second kappa shape index (κ2) is 45.5. The molecule has 0 amide bonds. The molecule has 0 saturated heterocycles. The highest BCUT2D eigenvalue weighted by atomic mass is 31.2. The number of hydrogen-bond donors (Lipinski definition) is 3. The highest BCUT2D eigenvalue weighted by Gasteiger charge is 2.28. The molecule has 1 unspecified atom stereocenters. The zero-order valence-electron chi connectivity index (χ0n) is 39.7. The average molecular weight is 900 g/mol. The van der Waals surface area contributed by atoms with Crippen molar-refractivity contribution >= 4 is 25.7 Å². The van der Waals surface area contributed by atoms with Gasteiger partial charge >= 0.3 is 25.7 Å². The van der Waals surface area contributed by atoms with E-state index in [0.717, 1.165) is 51.4 Å². The van der Waals surface area contributed by atoms with E-state index in [1.165, 1.54) is 148 Å². The van der Waals surface area contributed by atoms with Crippen molar-refractivity contribution in [3.63, 3.8) is 0 Å². The maximum Gasteiger partial charge on any atom is 0.472 e. The molecule has 0 bridgehead atoms. The van der Waals surface area contributed by atoms with E-state index >= 15 is 0 Å². The van der Waals surface area contributed by atoms with Crippen molar-refractivity contribution < 1.29 is 47.5 Å². The Kier molecular flexibility index (Phi) is 44.0. The number of carboxylic acids is 1. The van der Waals surface area contributed by atoms with Gasteiger partial charge in [-0.05, 0) is 57.8 Å². The van der Waals surface area contributed by atoms with Gasteiger partial charge in [0.2, 0.25) is 0 Å². The lowest BCUT2D eigenvalue weighted by molar-refractivity contribution is -0.161. The van der Waals surface area contributed by atoms with Gasteiger partial charge in [0.05, 0.1) is 13.2 Å². The number of rotatable bonds is 48. The Hall–Kier alpha value is -2.04. The quantitative estimate of drug-likeness (QED) is 0.0230. The van der Waals surface area contributed by atoms with E-state index in [4.69, 9.17) is 24.8 Å². The van der Waals surface area contributed by atoms with Gasteiger partial charge in [-0.15, -0.1) is 0 Å². The lowest BCUT2D eigenvalue weighted by Gasteiger charge is -2.20. The Morgan fingerprint density at radius 1 is 0.484 bits per heavy atom. The molecular weight excluding hydrogens is 806 g/mol. The number of carboxylic acid groups (broad SMARTS) is 1. The van der Waals surface area contributed by atoms with E-state index in [2.05, 4.69) is 42.7 Å². The largest absolute Gasteiger partial charge is 0.480 e. The van der Waals surface area contributed by atoms with Crippen LogP contribution in [0.3, 0.4) is 0 Å². The number of phosphoric ester groups is 1. The molecule has 0 aromatic rings. The van der Waals surface area contributed by atoms with Gasteiger partial charge in [-0.3, -0.25) is 23.4 Å². The summed E-state index contributed by atoms with van der Waals surface area (Å²) in [4.78, 5) is 46.1. The highest BCUT2D eigenvalue weighted by Crippen LogP contribution is 2.43. The van der Waals surface area contributed by atoms with Crippen LogP contribution in [0.4, 0.5) is 0 Å². The molecule has 62 heavy (non-hydrogen) atoms. The van der Waals surface area contributed by atoms with Gasteiger partial charge in [0.1, 0.15) is 12.6 Å². The lowest BCUT2D eigenvalue weighted by Crippen LogP contribution is -2.34. The average Bonchev–Trinajstić information content (AvgIpc) is 3.25. The summed E-state index contributed by atoms with van der Waals surface area (Å²) in [5.41, 5.74) is 5.35. The summed E-state index contributed by atoms with van der Waals surface area (Å²) in [6.45, 7) is 2.80. The molecule has 0 aromatic heterocycles. The molecule has 0 fully saturated rings. The molecule has 4 N–H and O–H groups in total. The minimum Gasteiger partial charge on any atom is -0.480 e. The standard InChI is InChI=1S/C50H94NO10P/c1-3-5-7-9-11-13-15-17-19-20-21-22-23-24-25-26-28-30-32-34-36-38-40-42-49(53)61-46(44-59-62(56,57)60-45-47(51)50(54)55)43-58-48(52)41-39-37-35-33-31-29-27-18-16-14-12-10-8-6-4-2/h18,27,34,36,46-47H,3-17,19-26,28-33,35,37-45,51H2,1-2H3,(H,54,55)(H,56,57)/b27-18+,36-34+/t46-,47-/m0/s1. The molecule has 0 rings (SSSR count). The van der Waals surface area contributed by atoms with Crippen LogP contribution in [0.1, 0.15) is 245 Å². The SMILES string of the molecule is CCCCCCCC/C=C/CCCCCCCC(=O)OC[C@@H](COP(=O)(O)OC[C@H](N)C(=O)O)OC(=O)CCC/C=C/CCCCCCCCCCCCCCCCCCCC. The minimum absolute atomic E-state index is 0.115. The number of carbonyl (C=O) groups excluding carboxylic acids is 2. The van der Waals surface area contributed by atoms with Gasteiger partial charge in [-0.25, -0.2) is 4.57 Å². The van der Waals surface area contributed by atoms with Gasteiger partial charge in [0.15, 0.2) is 6.10 Å². The van der Waals surface area contributed by atoms with Gasteiger partial charge in [0, 0.05) is 12.8 Å². The second-order valence-corrected chi connectivity index (χ2v) is 18.8. The zero-order valence-corrected chi connectivity index (χ0v) is 40.6. The first-order valence-electron chi connectivity index (χ1n) is 25.4. The van der Waals surface area contributed by atoms with Crippen molar-refractivity contribution in [2.24, 2.45) is 5.73 Å². The first-order chi connectivity index (χ1) is 30.1. The van der Waals surface area contributed by atoms with Crippen LogP contribution >= 0.6 is 7.82 Å². The molecule has 0 heterocycles. The lowest BCUT2D eigenvalue weighted by atomic mass is 10.0. The summed E-state index contributed by atoms with van der Waals surface area (Å²) in [5.74, 6) is -2.42. The number of allylic oxidation sites excluding steroid dienone is 4. The van der Waals surface area contributed by atoms with Gasteiger partial charge in [-0.2, -0.15) is 0 Å². The van der Waals surface area contributed by atoms with Gasteiger partial charge in [-0.1, -0.05) is 199 Å². The van der Waals surface area contributed by atoms with Crippen molar-refractivity contribution in [1.29, 1.82) is 0 Å². The number of phosphoric acid groups is 1. The first-order valence-corrected chi connectivity index (χ1v) is 26.9. The predicted molar refractivity (Wildman–Crippen MR) is 254 cm³/mol. The molecule has 364 valence electrons. The number of unbranched alkanes of at least 4 members (excludes halogenated alkanes) is 30. The maximum absolute atomic E-state index is 12.7. The third kappa shape index (κ3) is 44.6. The summed E-state index contributed by atoms with van der Waals surface area (Å²) in [7, 11) is -4.73. The third-order valence-electron chi connectivity index (χ3n) is 11.2. The molecule has 0 aliphatic carbocycles. The predicted octanol–water partition coefficient (Wildman–Crippen LogP) is 14.2. The van der Waals surface area contributed by atoms with Crippen LogP contribution in [0.25, 0.3) is 0 Å². The number of carbonyl (C=O) groups is 3. The Bertz CT molecular complexity index is 1150. The highest BCUT2D eigenvalue weighted by molar-refractivity contribution is 7.47. The van der Waals surface area contributed by atoms with E-state index < -0.39 is 51.1 Å². The minimum atomic E-state index is -4.73. The fourth-order valence-electron chi connectivity index (χ4n) is 7.18. The molecule has 0 aliphatic heterocycles. The monoisotopic (exact) mass is 900 g/mol. The van der Waals surface area contributed by atoms with Crippen LogP contribution in [0.2, 0.25) is 0 Å². The van der Waals surface area contributed by atoms with Crippen molar-refractivity contribution in [2.45, 2.75) is 257 Å². The number of hydrogen-bond acceptors (Lipinski definition) is 9. The topological polar surface area (TPSA) is 172 Å². The molecule has 0 aliphatic rings. The molecule has 0 spiro atoms. The van der Waals surface area contributed by atoms with Crippen molar-refractivity contribution in [2.75, 3.05) is 19.8 Å².